The second-order valence-corrected chi connectivity index (χ2v) is 12.2. The van der Waals surface area contributed by atoms with Crippen LogP contribution in [0.1, 0.15) is 24.5 Å². The van der Waals surface area contributed by atoms with E-state index in [2.05, 4.69) is 113 Å². The van der Waals surface area contributed by atoms with E-state index in [1.807, 2.05) is 79.4 Å². The van der Waals surface area contributed by atoms with Crippen molar-refractivity contribution in [2.45, 2.75) is 27.2 Å². The van der Waals surface area contributed by atoms with E-state index in [0.717, 1.165) is 64.1 Å². The van der Waals surface area contributed by atoms with Gasteiger partial charge in [0.25, 0.3) is 0 Å². The van der Waals surface area contributed by atoms with Crippen LogP contribution in [0.2, 0.25) is 0 Å². The number of hydrogen-bond acceptors (Lipinski definition) is 5. The zero-order chi connectivity index (χ0) is 36.0. The minimum absolute atomic E-state index is 0. The van der Waals surface area contributed by atoms with E-state index < -0.39 is 0 Å². The minimum atomic E-state index is 0. The molecule has 0 amide bonds. The first-order chi connectivity index (χ1) is 25.6. The van der Waals surface area contributed by atoms with Crippen molar-refractivity contribution in [1.29, 1.82) is 0 Å². The molecule has 7 rings (SSSR count). The number of rotatable bonds is 14. The predicted octanol–water partition coefficient (Wildman–Crippen LogP) is 9.78. The van der Waals surface area contributed by atoms with E-state index in [1.54, 1.807) is 0 Å². The van der Waals surface area contributed by atoms with Crippen LogP contribution in [0.15, 0.2) is 140 Å². The molecule has 0 N–H and O–H groups in total. The predicted molar refractivity (Wildman–Crippen MR) is 208 cm³/mol. The molecule has 2 aromatic heterocycles. The molecular weight excluding hydrogens is 837 g/mol. The summed E-state index contributed by atoms with van der Waals surface area (Å²) in [7, 11) is 0. The van der Waals surface area contributed by atoms with E-state index in [9.17, 15) is 0 Å². The van der Waals surface area contributed by atoms with Crippen molar-refractivity contribution in [3.8, 4) is 51.0 Å². The zero-order valence-corrected chi connectivity index (χ0v) is 32.8. The molecule has 8 heteroatoms. The Morgan fingerprint density at radius 1 is 0.585 bits per heavy atom. The fraction of sp³-hybridized carbons (Fsp3) is 0.200. The Hall–Kier alpha value is -5.11. The van der Waals surface area contributed by atoms with Gasteiger partial charge in [-0.05, 0) is 66.8 Å². The minimum Gasteiger partial charge on any atom is -0.491 e. The molecule has 0 aliphatic carbocycles. The molecule has 273 valence electrons. The van der Waals surface area contributed by atoms with Gasteiger partial charge in [0.2, 0.25) is 0 Å². The van der Waals surface area contributed by atoms with Gasteiger partial charge in [-0.1, -0.05) is 49.4 Å². The van der Waals surface area contributed by atoms with E-state index >= 15 is 0 Å². The van der Waals surface area contributed by atoms with Gasteiger partial charge in [-0.15, -0.1) is 71.8 Å². The third kappa shape index (κ3) is 10.5. The molecule has 0 saturated heterocycles. The van der Waals surface area contributed by atoms with Gasteiger partial charge in [0.15, 0.2) is 0 Å². The van der Waals surface area contributed by atoms with Gasteiger partial charge in [-0.2, -0.15) is 0 Å². The number of benzene rings is 5. The van der Waals surface area contributed by atoms with Gasteiger partial charge in [0.05, 0.1) is 31.5 Å². The smallest absolute Gasteiger partial charge is 0.120 e. The van der Waals surface area contributed by atoms with Crippen LogP contribution in [0.4, 0.5) is 0 Å². The van der Waals surface area contributed by atoms with Gasteiger partial charge in [0.1, 0.15) is 12.4 Å². The van der Waals surface area contributed by atoms with Crippen LogP contribution >= 0.6 is 0 Å². The summed E-state index contributed by atoms with van der Waals surface area (Å²) in [6.45, 7) is 9.35. The van der Waals surface area contributed by atoms with Gasteiger partial charge >= 0.3 is 0 Å². The third-order valence-corrected chi connectivity index (χ3v) is 8.36. The summed E-state index contributed by atoms with van der Waals surface area (Å²) in [5, 5.41) is 0. The number of nitrogens with zero attached hydrogens (tertiary/aromatic N) is 4. The number of aryl methyl sites for hydroxylation is 2. The molecule has 53 heavy (non-hydrogen) atoms. The SMILES string of the molecule is CCCOCCOCCOc1cc(C)c(-n2ccnc2-c2[c-]cccc2)c(C)c1.[Ir].[c-]1ccccc1-c1nccn1-c1ccc(-c2ccccc2)cc1. The molecule has 0 aliphatic heterocycles. The summed E-state index contributed by atoms with van der Waals surface area (Å²) in [5.74, 6) is 2.63. The normalized spacial score (nSPS) is 10.6. The molecule has 2 heterocycles. The first-order valence-electron chi connectivity index (χ1n) is 17.7. The van der Waals surface area contributed by atoms with Gasteiger partial charge < -0.3 is 23.3 Å². The van der Waals surface area contributed by atoms with Crippen molar-refractivity contribution in [3.63, 3.8) is 0 Å². The maximum atomic E-state index is 5.89. The molecule has 0 saturated carbocycles. The van der Waals surface area contributed by atoms with E-state index in [1.165, 1.54) is 11.1 Å². The van der Waals surface area contributed by atoms with Crippen LogP contribution in [-0.2, 0) is 29.6 Å². The molecule has 7 aromatic rings. The summed E-state index contributed by atoms with van der Waals surface area (Å²) < 4.78 is 21.0. The standard InChI is InChI=1S/C24H29N2O3.C21H15N2.Ir/c1-4-12-27-13-14-28-15-16-29-22-17-19(2)23(20(3)18-22)26-11-10-25-24(26)21-8-6-5-7-9-21;1-3-7-17(8-4-1)18-11-13-20(14-12-18)23-16-15-22-21(23)19-9-5-2-6-10-19;/h5-8,10-11,17-18H,4,12-16H2,1-3H3;1-9,11-16H;/q2*-1;. The van der Waals surface area contributed by atoms with Crippen LogP contribution < -0.4 is 4.74 Å². The fourth-order valence-electron chi connectivity index (χ4n) is 5.97. The molecule has 0 atom stereocenters. The van der Waals surface area contributed by atoms with Crippen molar-refractivity contribution < 1.29 is 34.3 Å². The van der Waals surface area contributed by atoms with Crippen molar-refractivity contribution in [2.75, 3.05) is 33.0 Å². The maximum absolute atomic E-state index is 5.89. The van der Waals surface area contributed by atoms with Crippen molar-refractivity contribution in [2.24, 2.45) is 0 Å². The van der Waals surface area contributed by atoms with Gasteiger partial charge in [-0.25, -0.2) is 0 Å². The quantitative estimate of drug-likeness (QED) is 0.0805. The molecule has 5 aromatic carbocycles. The number of imidazole rings is 2. The second-order valence-electron chi connectivity index (χ2n) is 12.2. The van der Waals surface area contributed by atoms with Crippen LogP contribution in [0.3, 0.4) is 0 Å². The average Bonchev–Trinajstić information content (AvgIpc) is 3.88. The third-order valence-electron chi connectivity index (χ3n) is 8.36. The Bertz CT molecular complexity index is 2070. The van der Waals surface area contributed by atoms with Gasteiger partial charge in [0, 0.05) is 62.9 Å². The molecule has 0 bridgehead atoms. The summed E-state index contributed by atoms with van der Waals surface area (Å²) in [5.41, 5.74) is 8.86. The molecule has 1 radical (unpaired) electrons. The van der Waals surface area contributed by atoms with Gasteiger partial charge in [-0.3, -0.25) is 9.97 Å². The number of aromatic nitrogens is 4. The molecule has 7 nitrogen and oxygen atoms in total. The zero-order valence-electron chi connectivity index (χ0n) is 30.4. The fourth-order valence-corrected chi connectivity index (χ4v) is 5.97. The Kier molecular flexibility index (Phi) is 14.9. The van der Waals surface area contributed by atoms with Crippen LogP contribution in [0, 0.1) is 26.0 Å². The van der Waals surface area contributed by atoms with E-state index in [-0.39, 0.29) is 20.1 Å². The largest absolute Gasteiger partial charge is 0.491 e. The first kappa shape index (κ1) is 39.1. The Morgan fingerprint density at radius 2 is 1.11 bits per heavy atom. The van der Waals surface area contributed by atoms with E-state index in [4.69, 9.17) is 14.2 Å². The van der Waals surface area contributed by atoms with Crippen molar-refractivity contribution in [1.82, 2.24) is 19.1 Å². The Labute approximate surface area is 326 Å². The molecule has 0 fully saturated rings. The first-order valence-corrected chi connectivity index (χ1v) is 17.7. The second kappa shape index (κ2) is 20.2. The maximum Gasteiger partial charge on any atom is 0.120 e. The van der Waals surface area contributed by atoms with Crippen molar-refractivity contribution >= 4 is 0 Å². The number of hydrogen-bond donors (Lipinski definition) is 0. The summed E-state index contributed by atoms with van der Waals surface area (Å²) in [6.07, 6.45) is 8.64. The number of ether oxygens (including phenoxy) is 3. The summed E-state index contributed by atoms with van der Waals surface area (Å²) >= 11 is 0. The summed E-state index contributed by atoms with van der Waals surface area (Å²) in [6, 6.07) is 45.3. The average molecular weight is 881 g/mol. The summed E-state index contributed by atoms with van der Waals surface area (Å²) in [4.78, 5) is 9.01. The molecule has 0 aliphatic rings. The monoisotopic (exact) mass is 881 g/mol. The van der Waals surface area contributed by atoms with Crippen LogP contribution in [0.25, 0.3) is 45.3 Å². The van der Waals surface area contributed by atoms with Crippen LogP contribution in [0.5, 0.6) is 5.75 Å². The topological polar surface area (TPSA) is 63.3 Å². The molecular formula is C45H44IrN4O3-2. The van der Waals surface area contributed by atoms with Crippen LogP contribution in [-0.4, -0.2) is 52.1 Å². The van der Waals surface area contributed by atoms with Crippen molar-refractivity contribution in [3.05, 3.63) is 163 Å². The Morgan fingerprint density at radius 3 is 1.70 bits per heavy atom. The molecule has 0 unspecified atom stereocenters. The molecule has 0 spiro atoms. The van der Waals surface area contributed by atoms with E-state index in [0.29, 0.717) is 26.4 Å². The Balaban J connectivity index is 0.000000205.